The van der Waals surface area contributed by atoms with E-state index in [0.717, 1.165) is 5.56 Å². The molecule has 1 aliphatic heterocycles. The van der Waals surface area contributed by atoms with Crippen LogP contribution in [0.4, 0.5) is 4.79 Å². The molecule has 3 N–H and O–H groups in total. The van der Waals surface area contributed by atoms with E-state index < -0.39 is 11.9 Å². The molecule has 0 bridgehead atoms. The van der Waals surface area contributed by atoms with Crippen LogP contribution in [0.15, 0.2) is 24.3 Å². The van der Waals surface area contributed by atoms with Gasteiger partial charge in [-0.15, -0.1) is 0 Å². The number of hydrogen-bond donors (Lipinski definition) is 2. The molecule has 0 spiro atoms. The molecular weight excluding hydrogens is 282 g/mol. The Hall–Kier alpha value is -1.79. The third-order valence-corrected chi connectivity index (χ3v) is 3.49. The average Bonchev–Trinajstić information content (AvgIpc) is 2.71. The summed E-state index contributed by atoms with van der Waals surface area (Å²) in [7, 11) is 0. The molecule has 1 aromatic carbocycles. The first kappa shape index (κ1) is 14.6. The van der Waals surface area contributed by atoms with E-state index in [9.17, 15) is 9.59 Å². The number of aliphatic hydroxyl groups is 1. The normalized spacial score (nSPS) is 18.7. The third kappa shape index (κ3) is 3.02. The number of carbonyl (C=O) groups is 2. The van der Waals surface area contributed by atoms with Gasteiger partial charge in [0.15, 0.2) is 0 Å². The number of benzene rings is 1. The number of urea groups is 1. The van der Waals surface area contributed by atoms with Crippen molar-refractivity contribution < 1.29 is 14.7 Å². The number of halogens is 1. The van der Waals surface area contributed by atoms with Gasteiger partial charge in [0.05, 0.1) is 13.2 Å². The van der Waals surface area contributed by atoms with Gasteiger partial charge in [-0.25, -0.2) is 4.79 Å². The molecular formula is C13H16ClN3O3. The van der Waals surface area contributed by atoms with Crippen LogP contribution in [-0.2, 0) is 11.3 Å². The summed E-state index contributed by atoms with van der Waals surface area (Å²) in [5.74, 6) is -0.564. The highest BCUT2D eigenvalue weighted by Gasteiger charge is 2.39. The number of nitrogens with two attached hydrogens (primary N) is 1. The largest absolute Gasteiger partial charge is 0.395 e. The molecule has 1 atom stereocenters. The number of hydrogen-bond acceptors (Lipinski definition) is 3. The molecule has 3 amide bonds. The van der Waals surface area contributed by atoms with E-state index >= 15 is 0 Å². The molecule has 0 saturated carbocycles. The molecule has 1 aliphatic rings. The first-order chi connectivity index (χ1) is 9.52. The number of nitrogens with zero attached hydrogens (tertiary/aromatic N) is 2. The van der Waals surface area contributed by atoms with Gasteiger partial charge in [0, 0.05) is 18.1 Å². The molecule has 1 heterocycles. The van der Waals surface area contributed by atoms with Crippen LogP contribution < -0.4 is 5.73 Å². The Kier molecular flexibility index (Phi) is 4.46. The maximum Gasteiger partial charge on any atom is 0.321 e. The molecule has 0 aliphatic carbocycles. The maximum atomic E-state index is 12.2. The summed E-state index contributed by atoms with van der Waals surface area (Å²) in [6.07, 6.45) is 0. The van der Waals surface area contributed by atoms with Crippen molar-refractivity contribution in [3.63, 3.8) is 0 Å². The van der Waals surface area contributed by atoms with Crippen LogP contribution in [0.3, 0.4) is 0 Å². The Morgan fingerprint density at radius 2 is 2.05 bits per heavy atom. The molecule has 7 heteroatoms. The molecule has 6 nitrogen and oxygen atoms in total. The highest BCUT2D eigenvalue weighted by atomic mass is 35.5. The lowest BCUT2D eigenvalue weighted by Crippen LogP contribution is -2.44. The fraction of sp³-hybridized carbons (Fsp3) is 0.385. The summed E-state index contributed by atoms with van der Waals surface area (Å²) in [6, 6.07) is 6.15. The fourth-order valence-corrected chi connectivity index (χ4v) is 2.37. The van der Waals surface area contributed by atoms with Gasteiger partial charge in [0.1, 0.15) is 6.04 Å². The topological polar surface area (TPSA) is 86.9 Å². The van der Waals surface area contributed by atoms with Gasteiger partial charge in [-0.1, -0.05) is 23.7 Å². The lowest BCUT2D eigenvalue weighted by molar-refractivity contribution is -0.121. The first-order valence-electron chi connectivity index (χ1n) is 6.23. The zero-order valence-electron chi connectivity index (χ0n) is 10.8. The third-order valence-electron chi connectivity index (χ3n) is 3.24. The molecule has 1 fully saturated rings. The maximum absolute atomic E-state index is 12.2. The molecule has 2 rings (SSSR count). The van der Waals surface area contributed by atoms with Crippen molar-refractivity contribution in [1.82, 2.24) is 9.80 Å². The number of primary amides is 1. The van der Waals surface area contributed by atoms with Crippen LogP contribution in [0.1, 0.15) is 5.56 Å². The van der Waals surface area contributed by atoms with Gasteiger partial charge in [-0.3, -0.25) is 4.79 Å². The number of carbonyl (C=O) groups excluding carboxylic acids is 2. The summed E-state index contributed by atoms with van der Waals surface area (Å²) in [5, 5.41) is 9.59. The number of aliphatic hydroxyl groups excluding tert-OH is 1. The second kappa shape index (κ2) is 6.11. The van der Waals surface area contributed by atoms with E-state index in [1.165, 1.54) is 9.80 Å². The van der Waals surface area contributed by atoms with Crippen molar-refractivity contribution in [2.75, 3.05) is 19.7 Å². The standard InChI is InChI=1S/C13H16ClN3O3/c14-10-3-1-9(2-4-10)7-16-8-11(12(15)19)17(5-6-18)13(16)20/h1-4,11,18H,5-8H2,(H2,15,19). The SMILES string of the molecule is NC(=O)C1CN(Cc2ccc(Cl)cc2)C(=O)N1CCO. The van der Waals surface area contributed by atoms with E-state index in [2.05, 4.69) is 0 Å². The van der Waals surface area contributed by atoms with Crippen molar-refractivity contribution in [3.05, 3.63) is 34.9 Å². The van der Waals surface area contributed by atoms with E-state index in [1.54, 1.807) is 12.1 Å². The second-order valence-electron chi connectivity index (χ2n) is 4.62. The van der Waals surface area contributed by atoms with Crippen LogP contribution >= 0.6 is 11.6 Å². The van der Waals surface area contributed by atoms with Crippen molar-refractivity contribution in [3.8, 4) is 0 Å². The summed E-state index contributed by atoms with van der Waals surface area (Å²) in [4.78, 5) is 26.4. The number of rotatable bonds is 5. The monoisotopic (exact) mass is 297 g/mol. The predicted molar refractivity (Wildman–Crippen MR) is 74.0 cm³/mol. The summed E-state index contributed by atoms with van der Waals surface area (Å²) < 4.78 is 0. The zero-order chi connectivity index (χ0) is 14.7. The van der Waals surface area contributed by atoms with Crippen molar-refractivity contribution in [1.29, 1.82) is 0 Å². The minimum absolute atomic E-state index is 0.101. The smallest absolute Gasteiger partial charge is 0.321 e. The summed E-state index contributed by atoms with van der Waals surface area (Å²) >= 11 is 5.81. The van der Waals surface area contributed by atoms with Gasteiger partial charge >= 0.3 is 6.03 Å². The van der Waals surface area contributed by atoms with Crippen LogP contribution in [0.5, 0.6) is 0 Å². The molecule has 0 radical (unpaired) electrons. The Balaban J connectivity index is 2.11. The predicted octanol–water partition coefficient (Wildman–Crippen LogP) is 0.424. The van der Waals surface area contributed by atoms with Crippen LogP contribution in [0, 0.1) is 0 Å². The average molecular weight is 298 g/mol. The fourth-order valence-electron chi connectivity index (χ4n) is 2.25. The van der Waals surface area contributed by atoms with Crippen LogP contribution in [0.25, 0.3) is 0 Å². The summed E-state index contributed by atoms with van der Waals surface area (Å²) in [5.41, 5.74) is 6.21. The second-order valence-corrected chi connectivity index (χ2v) is 5.06. The summed E-state index contributed by atoms with van der Waals surface area (Å²) in [6.45, 7) is 0.506. The Morgan fingerprint density at radius 3 is 2.60 bits per heavy atom. The molecule has 1 unspecified atom stereocenters. The van der Waals surface area contributed by atoms with Gasteiger partial charge in [-0.05, 0) is 17.7 Å². The molecule has 20 heavy (non-hydrogen) atoms. The number of amides is 3. The zero-order valence-corrected chi connectivity index (χ0v) is 11.6. The van der Waals surface area contributed by atoms with Gasteiger partial charge in [0.25, 0.3) is 0 Å². The lowest BCUT2D eigenvalue weighted by atomic mass is 10.2. The van der Waals surface area contributed by atoms with Crippen LogP contribution in [-0.4, -0.2) is 52.6 Å². The van der Waals surface area contributed by atoms with Crippen molar-refractivity contribution in [2.45, 2.75) is 12.6 Å². The van der Waals surface area contributed by atoms with E-state index in [-0.39, 0.29) is 25.7 Å². The van der Waals surface area contributed by atoms with Gasteiger partial charge < -0.3 is 20.6 Å². The Bertz CT molecular complexity index is 506. The Morgan fingerprint density at radius 1 is 1.40 bits per heavy atom. The van der Waals surface area contributed by atoms with E-state index in [1.807, 2.05) is 12.1 Å². The van der Waals surface area contributed by atoms with Gasteiger partial charge in [-0.2, -0.15) is 0 Å². The minimum atomic E-state index is -0.693. The van der Waals surface area contributed by atoms with Gasteiger partial charge in [0.2, 0.25) is 5.91 Å². The van der Waals surface area contributed by atoms with E-state index in [0.29, 0.717) is 11.6 Å². The minimum Gasteiger partial charge on any atom is -0.395 e. The molecule has 1 aromatic rings. The van der Waals surface area contributed by atoms with E-state index in [4.69, 9.17) is 22.4 Å². The highest BCUT2D eigenvalue weighted by molar-refractivity contribution is 6.30. The number of β-amino-alcohol motifs (C(OH)–C–C–N with tert-alkyl or cyclic N) is 1. The quantitative estimate of drug-likeness (QED) is 0.826. The van der Waals surface area contributed by atoms with Crippen molar-refractivity contribution in [2.24, 2.45) is 5.73 Å². The van der Waals surface area contributed by atoms with Crippen LogP contribution in [0.2, 0.25) is 5.02 Å². The molecule has 1 saturated heterocycles. The molecule has 108 valence electrons. The first-order valence-corrected chi connectivity index (χ1v) is 6.61. The Labute approximate surface area is 121 Å². The molecule has 0 aromatic heterocycles. The lowest BCUT2D eigenvalue weighted by Gasteiger charge is -2.19. The highest BCUT2D eigenvalue weighted by Crippen LogP contribution is 2.19. The van der Waals surface area contributed by atoms with Crippen molar-refractivity contribution >= 4 is 23.5 Å².